The molecule has 2 rings (SSSR count). The van der Waals surface area contributed by atoms with Crippen LogP contribution in [0.15, 0.2) is 35.5 Å². The van der Waals surface area contributed by atoms with E-state index in [0.717, 1.165) is 17.8 Å². The maximum absolute atomic E-state index is 13.4. The SMILES string of the molecule is CCC(=Nc1c(Cl)cc(F)cc1C=O)N(C)c1ccc(N)nc1. The fourth-order valence-corrected chi connectivity index (χ4v) is 2.31. The summed E-state index contributed by atoms with van der Waals surface area (Å²) < 4.78 is 13.4. The molecule has 23 heavy (non-hydrogen) atoms. The number of hydrogen-bond acceptors (Lipinski definition) is 4. The third-order valence-corrected chi connectivity index (χ3v) is 3.58. The van der Waals surface area contributed by atoms with Crippen LogP contribution < -0.4 is 10.6 Å². The third-order valence-electron chi connectivity index (χ3n) is 3.29. The van der Waals surface area contributed by atoms with Gasteiger partial charge in [0.25, 0.3) is 0 Å². The van der Waals surface area contributed by atoms with Crippen molar-refractivity contribution in [3.8, 4) is 0 Å². The third kappa shape index (κ3) is 3.84. The summed E-state index contributed by atoms with van der Waals surface area (Å²) in [5.41, 5.74) is 6.71. The monoisotopic (exact) mass is 334 g/mol. The molecule has 0 fully saturated rings. The Morgan fingerprint density at radius 1 is 1.48 bits per heavy atom. The fraction of sp³-hybridized carbons (Fsp3) is 0.188. The van der Waals surface area contributed by atoms with Gasteiger partial charge in [-0.2, -0.15) is 0 Å². The van der Waals surface area contributed by atoms with Crippen LogP contribution in [0.5, 0.6) is 0 Å². The predicted molar refractivity (Wildman–Crippen MR) is 91.2 cm³/mol. The van der Waals surface area contributed by atoms with Crippen molar-refractivity contribution < 1.29 is 9.18 Å². The van der Waals surface area contributed by atoms with E-state index in [4.69, 9.17) is 17.3 Å². The first-order valence-corrected chi connectivity index (χ1v) is 7.31. The number of rotatable bonds is 4. The van der Waals surface area contributed by atoms with Gasteiger partial charge in [-0.3, -0.25) is 4.79 Å². The Kier molecular flexibility index (Phi) is 5.28. The number of halogens is 2. The van der Waals surface area contributed by atoms with Crippen LogP contribution in [-0.2, 0) is 0 Å². The minimum Gasteiger partial charge on any atom is -0.384 e. The highest BCUT2D eigenvalue weighted by Gasteiger charge is 2.13. The van der Waals surface area contributed by atoms with Crippen LogP contribution in [0.1, 0.15) is 23.7 Å². The molecule has 0 aliphatic rings. The maximum atomic E-state index is 13.4. The number of pyridine rings is 1. The van der Waals surface area contributed by atoms with Crippen molar-refractivity contribution in [2.45, 2.75) is 13.3 Å². The lowest BCUT2D eigenvalue weighted by atomic mass is 10.2. The molecule has 7 heteroatoms. The van der Waals surface area contributed by atoms with E-state index in [1.54, 1.807) is 23.2 Å². The van der Waals surface area contributed by atoms with Gasteiger partial charge in [0.1, 0.15) is 17.5 Å². The first-order valence-electron chi connectivity index (χ1n) is 6.93. The average Bonchev–Trinajstić information content (AvgIpc) is 2.53. The minimum atomic E-state index is -0.579. The molecule has 120 valence electrons. The van der Waals surface area contributed by atoms with E-state index in [-0.39, 0.29) is 16.3 Å². The molecule has 0 amide bonds. The van der Waals surface area contributed by atoms with Gasteiger partial charge in [-0.05, 0) is 24.3 Å². The second kappa shape index (κ2) is 7.19. The number of nitrogen functional groups attached to an aromatic ring is 1. The average molecular weight is 335 g/mol. The van der Waals surface area contributed by atoms with Gasteiger partial charge in [0.15, 0.2) is 6.29 Å². The van der Waals surface area contributed by atoms with Gasteiger partial charge in [-0.1, -0.05) is 18.5 Å². The lowest BCUT2D eigenvalue weighted by Crippen LogP contribution is -2.25. The lowest BCUT2D eigenvalue weighted by Gasteiger charge is -2.21. The van der Waals surface area contributed by atoms with Crippen LogP contribution in [-0.4, -0.2) is 24.2 Å². The van der Waals surface area contributed by atoms with Crippen molar-refractivity contribution in [1.29, 1.82) is 0 Å². The Balaban J connectivity index is 2.46. The number of anilines is 2. The van der Waals surface area contributed by atoms with Crippen LogP contribution >= 0.6 is 11.6 Å². The molecular formula is C16H16ClFN4O. The van der Waals surface area contributed by atoms with Crippen molar-refractivity contribution in [3.63, 3.8) is 0 Å². The molecule has 1 aromatic heterocycles. The Morgan fingerprint density at radius 3 is 2.78 bits per heavy atom. The van der Waals surface area contributed by atoms with Crippen LogP contribution in [0.25, 0.3) is 0 Å². The second-order valence-corrected chi connectivity index (χ2v) is 5.23. The highest BCUT2D eigenvalue weighted by molar-refractivity contribution is 6.33. The van der Waals surface area contributed by atoms with Gasteiger partial charge in [0.05, 0.1) is 22.6 Å². The summed E-state index contributed by atoms with van der Waals surface area (Å²) in [6, 6.07) is 5.72. The Bertz CT molecular complexity index is 746. The number of carbonyl (C=O) groups excluding carboxylic acids is 1. The molecule has 1 aromatic carbocycles. The number of amidine groups is 1. The molecule has 0 spiro atoms. The number of aliphatic imine (C=N–C) groups is 1. The van der Waals surface area contributed by atoms with E-state index in [1.807, 2.05) is 14.0 Å². The number of carbonyl (C=O) groups is 1. The molecule has 0 atom stereocenters. The molecule has 0 saturated heterocycles. The Labute approximate surface area is 138 Å². The second-order valence-electron chi connectivity index (χ2n) is 4.83. The van der Waals surface area contributed by atoms with Crippen LogP contribution in [0.2, 0.25) is 5.02 Å². The van der Waals surface area contributed by atoms with Crippen molar-refractivity contribution in [2.75, 3.05) is 17.7 Å². The van der Waals surface area contributed by atoms with Gasteiger partial charge in [-0.25, -0.2) is 14.4 Å². The largest absolute Gasteiger partial charge is 0.384 e. The molecule has 0 saturated carbocycles. The molecule has 2 aromatic rings. The maximum Gasteiger partial charge on any atom is 0.152 e. The van der Waals surface area contributed by atoms with E-state index in [0.29, 0.717) is 24.4 Å². The number of aromatic nitrogens is 1. The number of benzene rings is 1. The quantitative estimate of drug-likeness (QED) is 0.524. The van der Waals surface area contributed by atoms with E-state index in [1.165, 1.54) is 0 Å². The molecule has 2 N–H and O–H groups in total. The fourth-order valence-electron chi connectivity index (χ4n) is 2.06. The van der Waals surface area contributed by atoms with Crippen molar-refractivity contribution >= 4 is 40.9 Å². The summed E-state index contributed by atoms with van der Waals surface area (Å²) in [7, 11) is 1.81. The van der Waals surface area contributed by atoms with Gasteiger partial charge in [-0.15, -0.1) is 0 Å². The number of aldehydes is 1. The van der Waals surface area contributed by atoms with Gasteiger partial charge < -0.3 is 10.6 Å². The number of nitrogens with two attached hydrogens (primary N) is 1. The van der Waals surface area contributed by atoms with E-state index >= 15 is 0 Å². The zero-order valence-corrected chi connectivity index (χ0v) is 13.5. The van der Waals surface area contributed by atoms with Gasteiger partial charge in [0.2, 0.25) is 0 Å². The minimum absolute atomic E-state index is 0.0851. The Morgan fingerprint density at radius 2 is 2.22 bits per heavy atom. The molecule has 1 heterocycles. The Hall–Kier alpha value is -2.47. The highest BCUT2D eigenvalue weighted by Crippen LogP contribution is 2.30. The molecule has 0 unspecified atom stereocenters. The van der Waals surface area contributed by atoms with Gasteiger partial charge in [0, 0.05) is 19.0 Å². The molecule has 0 aliphatic heterocycles. The van der Waals surface area contributed by atoms with Crippen LogP contribution in [0.4, 0.5) is 21.6 Å². The molecular weight excluding hydrogens is 319 g/mol. The highest BCUT2D eigenvalue weighted by atomic mass is 35.5. The molecule has 0 bridgehead atoms. The number of hydrogen-bond donors (Lipinski definition) is 1. The first-order chi connectivity index (χ1) is 11.0. The normalized spacial score (nSPS) is 11.4. The van der Waals surface area contributed by atoms with Crippen molar-refractivity contribution in [1.82, 2.24) is 4.98 Å². The molecule has 0 radical (unpaired) electrons. The first kappa shape index (κ1) is 16.9. The van der Waals surface area contributed by atoms with Crippen molar-refractivity contribution in [3.05, 3.63) is 46.9 Å². The predicted octanol–water partition coefficient (Wildman–Crippen LogP) is 3.85. The summed E-state index contributed by atoms with van der Waals surface area (Å²) in [4.78, 5) is 21.4. The van der Waals surface area contributed by atoms with Crippen molar-refractivity contribution in [2.24, 2.45) is 4.99 Å². The van der Waals surface area contributed by atoms with E-state index in [9.17, 15) is 9.18 Å². The van der Waals surface area contributed by atoms with E-state index < -0.39 is 5.82 Å². The van der Waals surface area contributed by atoms with E-state index in [2.05, 4.69) is 9.98 Å². The van der Waals surface area contributed by atoms with Gasteiger partial charge >= 0.3 is 0 Å². The topological polar surface area (TPSA) is 71.6 Å². The number of nitrogens with zero attached hydrogens (tertiary/aromatic N) is 3. The smallest absolute Gasteiger partial charge is 0.152 e. The zero-order chi connectivity index (χ0) is 17.0. The zero-order valence-electron chi connectivity index (χ0n) is 12.8. The standard InChI is InChI=1S/C16H16ClFN4O/c1-3-15(22(2)12-4-5-14(19)20-8-12)21-16-10(9-23)6-11(18)7-13(16)17/h4-9H,3H2,1-2H3,(H2,19,20). The summed E-state index contributed by atoms with van der Waals surface area (Å²) in [6.07, 6.45) is 2.73. The summed E-state index contributed by atoms with van der Waals surface area (Å²) in [5, 5.41) is 0.0851. The molecule has 5 nitrogen and oxygen atoms in total. The lowest BCUT2D eigenvalue weighted by molar-refractivity contribution is 0.112. The van der Waals surface area contributed by atoms with Crippen LogP contribution in [0.3, 0.4) is 0 Å². The summed E-state index contributed by atoms with van der Waals surface area (Å²) in [5.74, 6) is 0.486. The summed E-state index contributed by atoms with van der Waals surface area (Å²) >= 11 is 6.03. The molecule has 0 aliphatic carbocycles. The summed E-state index contributed by atoms with van der Waals surface area (Å²) in [6.45, 7) is 1.91. The van der Waals surface area contributed by atoms with Crippen LogP contribution in [0, 0.1) is 5.82 Å².